The molecule has 0 aliphatic rings. The molecular weight excluding hydrogens is 413 g/mol. The van der Waals surface area contributed by atoms with Gasteiger partial charge in [-0.15, -0.1) is 24.8 Å². The van der Waals surface area contributed by atoms with Gasteiger partial charge in [0.2, 0.25) is 5.88 Å². The van der Waals surface area contributed by atoms with E-state index in [4.69, 9.17) is 10.5 Å². The average Bonchev–Trinajstić information content (AvgIpc) is 3.18. The predicted molar refractivity (Wildman–Crippen MR) is 118 cm³/mol. The molecule has 0 atom stereocenters. The van der Waals surface area contributed by atoms with Crippen molar-refractivity contribution in [2.45, 2.75) is 13.5 Å². The summed E-state index contributed by atoms with van der Waals surface area (Å²) in [6.45, 7) is 3.01. The summed E-state index contributed by atoms with van der Waals surface area (Å²) in [6, 6.07) is 13.3. The number of nitrogens with zero attached hydrogens (tertiary/aromatic N) is 4. The van der Waals surface area contributed by atoms with E-state index in [1.807, 2.05) is 37.3 Å². The number of methoxy groups -OCH3 is 1. The molecule has 0 fully saturated rings. The monoisotopic (exact) mass is 437 g/mol. The highest BCUT2D eigenvalue weighted by atomic mass is 35.5. The van der Waals surface area contributed by atoms with Gasteiger partial charge >= 0.3 is 0 Å². The van der Waals surface area contributed by atoms with Gasteiger partial charge in [0.05, 0.1) is 24.7 Å². The van der Waals surface area contributed by atoms with Gasteiger partial charge in [-0.25, -0.2) is 9.67 Å². The van der Waals surface area contributed by atoms with Gasteiger partial charge in [-0.05, 0) is 24.6 Å². The Bertz CT molecular complexity index is 862. The van der Waals surface area contributed by atoms with Crippen LogP contribution in [0.3, 0.4) is 0 Å². The Labute approximate surface area is 182 Å². The summed E-state index contributed by atoms with van der Waals surface area (Å²) in [7, 11) is 3.32. The van der Waals surface area contributed by atoms with Gasteiger partial charge in [-0.2, -0.15) is 5.10 Å². The summed E-state index contributed by atoms with van der Waals surface area (Å²) in [5, 5.41) is 4.54. The molecular formula is C20H25Cl2N5O2. The van der Waals surface area contributed by atoms with E-state index in [2.05, 4.69) is 10.1 Å². The molecule has 0 aliphatic heterocycles. The van der Waals surface area contributed by atoms with E-state index in [9.17, 15) is 4.79 Å². The molecule has 7 nitrogen and oxygen atoms in total. The summed E-state index contributed by atoms with van der Waals surface area (Å²) in [4.78, 5) is 18.5. The molecule has 156 valence electrons. The van der Waals surface area contributed by atoms with Crippen LogP contribution in [-0.4, -0.2) is 46.3 Å². The zero-order valence-electron chi connectivity index (χ0n) is 16.5. The minimum Gasteiger partial charge on any atom is -0.481 e. The molecule has 1 aromatic carbocycles. The van der Waals surface area contributed by atoms with Crippen molar-refractivity contribution in [2.24, 2.45) is 5.73 Å². The van der Waals surface area contributed by atoms with Crippen LogP contribution in [0.5, 0.6) is 5.88 Å². The van der Waals surface area contributed by atoms with E-state index in [0.29, 0.717) is 24.7 Å². The molecule has 0 spiro atoms. The van der Waals surface area contributed by atoms with Gasteiger partial charge in [0.15, 0.2) is 5.69 Å². The first-order chi connectivity index (χ1) is 13.1. The summed E-state index contributed by atoms with van der Waals surface area (Å²) in [5.41, 5.74) is 9.60. The number of aromatic nitrogens is 3. The number of hydrogen-bond donors (Lipinski definition) is 1. The Hall–Kier alpha value is -2.61. The standard InChI is InChI=1S/C20H23N5O2.2ClH/c1-4-24(2)20(26)17-11-18(15-7-5-14(12-21)6-8-15)25(23-17)16-9-10-19(27-3)22-13-16;;/h5-11,13H,4,12,21H2,1-3H3;2*1H. The number of rotatable bonds is 6. The highest BCUT2D eigenvalue weighted by Gasteiger charge is 2.19. The molecule has 0 aliphatic carbocycles. The van der Waals surface area contributed by atoms with E-state index in [1.54, 1.807) is 42.1 Å². The molecule has 0 saturated heterocycles. The minimum atomic E-state index is -0.127. The second-order valence-corrected chi connectivity index (χ2v) is 6.11. The molecule has 0 radical (unpaired) electrons. The third-order valence-electron chi connectivity index (χ3n) is 4.41. The molecule has 2 aromatic heterocycles. The van der Waals surface area contributed by atoms with Crippen LogP contribution in [-0.2, 0) is 6.54 Å². The number of benzene rings is 1. The van der Waals surface area contributed by atoms with Gasteiger partial charge in [-0.1, -0.05) is 24.3 Å². The molecule has 0 saturated carbocycles. The molecule has 3 aromatic rings. The van der Waals surface area contributed by atoms with Crippen LogP contribution in [0.2, 0.25) is 0 Å². The Morgan fingerprint density at radius 1 is 1.17 bits per heavy atom. The van der Waals surface area contributed by atoms with Gasteiger partial charge in [-0.3, -0.25) is 4.79 Å². The van der Waals surface area contributed by atoms with E-state index in [0.717, 1.165) is 22.5 Å². The van der Waals surface area contributed by atoms with E-state index in [1.165, 1.54) is 0 Å². The van der Waals surface area contributed by atoms with Crippen molar-refractivity contribution in [3.8, 4) is 22.8 Å². The van der Waals surface area contributed by atoms with E-state index >= 15 is 0 Å². The highest BCUT2D eigenvalue weighted by Crippen LogP contribution is 2.25. The van der Waals surface area contributed by atoms with Crippen LogP contribution in [0.1, 0.15) is 23.0 Å². The van der Waals surface area contributed by atoms with Gasteiger partial charge in [0.25, 0.3) is 5.91 Å². The van der Waals surface area contributed by atoms with Crippen LogP contribution in [0.4, 0.5) is 0 Å². The molecule has 29 heavy (non-hydrogen) atoms. The Balaban J connectivity index is 0.00000210. The first-order valence-electron chi connectivity index (χ1n) is 8.72. The van der Waals surface area contributed by atoms with E-state index in [-0.39, 0.29) is 30.7 Å². The maximum absolute atomic E-state index is 12.6. The van der Waals surface area contributed by atoms with E-state index < -0.39 is 0 Å². The summed E-state index contributed by atoms with van der Waals surface area (Å²) >= 11 is 0. The van der Waals surface area contributed by atoms with Crippen molar-refractivity contribution in [1.29, 1.82) is 0 Å². The number of carbonyl (C=O) groups excluding carboxylic acids is 1. The van der Waals surface area contributed by atoms with Crippen molar-refractivity contribution in [2.75, 3.05) is 20.7 Å². The van der Waals surface area contributed by atoms with Crippen molar-refractivity contribution in [3.05, 3.63) is 59.9 Å². The van der Waals surface area contributed by atoms with Gasteiger partial charge < -0.3 is 15.4 Å². The predicted octanol–water partition coefficient (Wildman–Crippen LogP) is 3.34. The smallest absolute Gasteiger partial charge is 0.274 e. The zero-order chi connectivity index (χ0) is 19.4. The van der Waals surface area contributed by atoms with Gasteiger partial charge in [0.1, 0.15) is 0 Å². The second kappa shape index (κ2) is 10.8. The third-order valence-corrected chi connectivity index (χ3v) is 4.41. The summed E-state index contributed by atoms with van der Waals surface area (Å²) < 4.78 is 6.84. The lowest BCUT2D eigenvalue weighted by molar-refractivity contribution is 0.0796. The molecule has 0 bridgehead atoms. The topological polar surface area (TPSA) is 86.3 Å². The first-order valence-corrected chi connectivity index (χ1v) is 8.72. The number of amides is 1. The van der Waals surface area contributed by atoms with Crippen LogP contribution in [0, 0.1) is 0 Å². The zero-order valence-corrected chi connectivity index (χ0v) is 18.2. The molecule has 2 N–H and O–H groups in total. The van der Waals surface area contributed by atoms with Crippen molar-refractivity contribution in [1.82, 2.24) is 19.7 Å². The maximum Gasteiger partial charge on any atom is 0.274 e. The van der Waals surface area contributed by atoms with Crippen molar-refractivity contribution < 1.29 is 9.53 Å². The third kappa shape index (κ3) is 5.26. The highest BCUT2D eigenvalue weighted by molar-refractivity contribution is 5.93. The number of carbonyl (C=O) groups is 1. The number of ether oxygens (including phenoxy) is 1. The minimum absolute atomic E-state index is 0. The van der Waals surface area contributed by atoms with Crippen LogP contribution >= 0.6 is 24.8 Å². The fraction of sp³-hybridized carbons (Fsp3) is 0.250. The molecule has 2 heterocycles. The Morgan fingerprint density at radius 2 is 1.86 bits per heavy atom. The fourth-order valence-electron chi connectivity index (χ4n) is 2.66. The molecule has 0 unspecified atom stereocenters. The number of halogens is 2. The average molecular weight is 438 g/mol. The van der Waals surface area contributed by atoms with Crippen molar-refractivity contribution in [3.63, 3.8) is 0 Å². The summed E-state index contributed by atoms with van der Waals surface area (Å²) in [5.74, 6) is 0.388. The second-order valence-electron chi connectivity index (χ2n) is 6.11. The number of nitrogens with two attached hydrogens (primary N) is 1. The largest absolute Gasteiger partial charge is 0.481 e. The lowest BCUT2D eigenvalue weighted by Gasteiger charge is -2.11. The van der Waals surface area contributed by atoms with Crippen LogP contribution < -0.4 is 10.5 Å². The Morgan fingerprint density at radius 3 is 2.38 bits per heavy atom. The number of pyridine rings is 1. The fourth-order valence-corrected chi connectivity index (χ4v) is 2.66. The van der Waals surface area contributed by atoms with Crippen LogP contribution in [0.15, 0.2) is 48.7 Å². The molecule has 1 amide bonds. The molecule has 9 heteroatoms. The lowest BCUT2D eigenvalue weighted by Crippen LogP contribution is -2.26. The van der Waals surface area contributed by atoms with Crippen LogP contribution in [0.25, 0.3) is 16.9 Å². The normalized spacial score (nSPS) is 9.93. The Kier molecular flexibility index (Phi) is 9.10. The number of hydrogen-bond acceptors (Lipinski definition) is 5. The summed E-state index contributed by atoms with van der Waals surface area (Å²) in [6.07, 6.45) is 1.67. The lowest BCUT2D eigenvalue weighted by atomic mass is 10.1. The molecule has 3 rings (SSSR count). The van der Waals surface area contributed by atoms with Crippen molar-refractivity contribution >= 4 is 30.7 Å². The SMILES string of the molecule is CCN(C)C(=O)c1cc(-c2ccc(CN)cc2)n(-c2ccc(OC)nc2)n1.Cl.Cl. The first kappa shape index (κ1) is 24.4. The van der Waals surface area contributed by atoms with Gasteiger partial charge in [0, 0.05) is 31.8 Å². The quantitative estimate of drug-likeness (QED) is 0.638. The maximum atomic E-state index is 12.6.